The molecule has 0 aliphatic rings. The second-order valence-electron chi connectivity index (χ2n) is 6.18. The molecule has 0 radical (unpaired) electrons. The van der Waals surface area contributed by atoms with Crippen molar-refractivity contribution < 1.29 is 13.9 Å². The van der Waals surface area contributed by atoms with Gasteiger partial charge in [0.15, 0.2) is 0 Å². The van der Waals surface area contributed by atoms with E-state index in [1.165, 1.54) is 6.07 Å². The maximum Gasteiger partial charge on any atom is 0.338 e. The van der Waals surface area contributed by atoms with E-state index in [2.05, 4.69) is 5.32 Å². The third-order valence-electron chi connectivity index (χ3n) is 4.32. The van der Waals surface area contributed by atoms with Crippen molar-refractivity contribution in [1.82, 2.24) is 4.90 Å². The molecule has 0 aliphatic heterocycles. The first-order chi connectivity index (χ1) is 13.1. The molecule has 0 aliphatic carbocycles. The average Bonchev–Trinajstić information content (AvgIpc) is 2.70. The molecule has 3 rings (SSSR count). The van der Waals surface area contributed by atoms with Crippen LogP contribution in [-0.2, 0) is 0 Å². The minimum Gasteiger partial charge on any atom is -0.496 e. The monoisotopic (exact) mass is 366 g/mol. The summed E-state index contributed by atoms with van der Waals surface area (Å²) in [6, 6.07) is 16.0. The fraction of sp³-hybridized carbons (Fsp3) is 0.238. The summed E-state index contributed by atoms with van der Waals surface area (Å²) in [7, 11) is 3.32. The van der Waals surface area contributed by atoms with E-state index in [1.54, 1.807) is 37.3 Å². The number of carbonyl (C=O) groups is 1. The number of carbonyl (C=O) groups excluding carboxylic acids is 1. The molecule has 0 atom stereocenters. The summed E-state index contributed by atoms with van der Waals surface area (Å²) in [4.78, 5) is 25.9. The highest BCUT2D eigenvalue weighted by atomic mass is 16.5. The standard InChI is InChI=1S/C21H22N2O4/c1-23(21(25)16-9-4-5-10-18(16)26-2)13-7-12-22-17-14-20(24)27-19-11-6-3-8-15(17)19/h3-6,8-11,14,22H,7,12-13H2,1-2H3. The zero-order valence-corrected chi connectivity index (χ0v) is 15.4. The van der Waals surface area contributed by atoms with E-state index in [0.29, 0.717) is 30.0 Å². The second-order valence-corrected chi connectivity index (χ2v) is 6.18. The van der Waals surface area contributed by atoms with Gasteiger partial charge in [0, 0.05) is 31.6 Å². The molecular weight excluding hydrogens is 344 g/mol. The number of fused-ring (bicyclic) bond motifs is 1. The van der Waals surface area contributed by atoms with E-state index in [4.69, 9.17) is 9.15 Å². The lowest BCUT2D eigenvalue weighted by Gasteiger charge is -2.19. The number of hydrogen-bond acceptors (Lipinski definition) is 5. The number of anilines is 1. The molecule has 0 saturated carbocycles. The Labute approximate surface area is 157 Å². The molecular formula is C21H22N2O4. The Morgan fingerprint density at radius 2 is 1.89 bits per heavy atom. The third-order valence-corrected chi connectivity index (χ3v) is 4.32. The quantitative estimate of drug-likeness (QED) is 0.513. The summed E-state index contributed by atoms with van der Waals surface area (Å²) in [5.74, 6) is 0.480. The van der Waals surface area contributed by atoms with Crippen LogP contribution in [0.25, 0.3) is 11.0 Å². The molecule has 6 heteroatoms. The first-order valence-corrected chi connectivity index (χ1v) is 8.75. The minimum absolute atomic E-state index is 0.0849. The van der Waals surface area contributed by atoms with Crippen LogP contribution in [0.5, 0.6) is 5.75 Å². The van der Waals surface area contributed by atoms with Crippen molar-refractivity contribution in [3.8, 4) is 5.75 Å². The molecule has 0 bridgehead atoms. The number of ether oxygens (including phenoxy) is 1. The SMILES string of the molecule is COc1ccccc1C(=O)N(C)CCCNc1cc(=O)oc2ccccc12. The van der Waals surface area contributed by atoms with Crippen LogP contribution in [0.3, 0.4) is 0 Å². The molecule has 1 N–H and O–H groups in total. The van der Waals surface area contributed by atoms with Crippen LogP contribution < -0.4 is 15.7 Å². The zero-order valence-electron chi connectivity index (χ0n) is 15.4. The normalized spacial score (nSPS) is 10.6. The lowest BCUT2D eigenvalue weighted by molar-refractivity contribution is 0.0791. The van der Waals surface area contributed by atoms with E-state index in [-0.39, 0.29) is 11.5 Å². The summed E-state index contributed by atoms with van der Waals surface area (Å²) in [6.07, 6.45) is 0.728. The van der Waals surface area contributed by atoms with Gasteiger partial charge in [0.1, 0.15) is 11.3 Å². The van der Waals surface area contributed by atoms with Crippen molar-refractivity contribution >= 4 is 22.6 Å². The van der Waals surface area contributed by atoms with Crippen LogP contribution >= 0.6 is 0 Å². The predicted octanol–water partition coefficient (Wildman–Crippen LogP) is 3.38. The van der Waals surface area contributed by atoms with E-state index in [0.717, 1.165) is 17.5 Å². The molecule has 1 heterocycles. The van der Waals surface area contributed by atoms with E-state index in [9.17, 15) is 9.59 Å². The number of nitrogens with zero attached hydrogens (tertiary/aromatic N) is 1. The molecule has 3 aromatic rings. The lowest BCUT2D eigenvalue weighted by atomic mass is 10.1. The summed E-state index contributed by atoms with van der Waals surface area (Å²) < 4.78 is 10.4. The Bertz CT molecular complexity index is 997. The van der Waals surface area contributed by atoms with Gasteiger partial charge >= 0.3 is 5.63 Å². The van der Waals surface area contributed by atoms with Gasteiger partial charge in [0.25, 0.3) is 5.91 Å². The van der Waals surface area contributed by atoms with Crippen LogP contribution in [0.15, 0.2) is 63.8 Å². The van der Waals surface area contributed by atoms with Crippen molar-refractivity contribution in [2.75, 3.05) is 32.6 Å². The van der Waals surface area contributed by atoms with Crippen molar-refractivity contribution in [3.05, 3.63) is 70.6 Å². The topological polar surface area (TPSA) is 71.8 Å². The number of hydrogen-bond donors (Lipinski definition) is 1. The summed E-state index contributed by atoms with van der Waals surface area (Å²) in [5, 5.41) is 4.12. The number of rotatable bonds is 7. The largest absolute Gasteiger partial charge is 0.496 e. The van der Waals surface area contributed by atoms with Gasteiger partial charge in [0.2, 0.25) is 0 Å². The number of nitrogens with one attached hydrogen (secondary N) is 1. The molecule has 0 saturated heterocycles. The van der Waals surface area contributed by atoms with Crippen molar-refractivity contribution in [2.45, 2.75) is 6.42 Å². The highest BCUT2D eigenvalue weighted by molar-refractivity contribution is 5.96. The lowest BCUT2D eigenvalue weighted by Crippen LogP contribution is -2.29. The smallest absolute Gasteiger partial charge is 0.338 e. The van der Waals surface area contributed by atoms with Crippen LogP contribution in [0.1, 0.15) is 16.8 Å². The molecule has 2 aromatic carbocycles. The maximum atomic E-state index is 12.6. The van der Waals surface area contributed by atoms with Gasteiger partial charge < -0.3 is 19.4 Å². The first-order valence-electron chi connectivity index (χ1n) is 8.75. The summed E-state index contributed by atoms with van der Waals surface area (Å²) in [5.41, 5.74) is 1.44. The van der Waals surface area contributed by atoms with Crippen molar-refractivity contribution in [1.29, 1.82) is 0 Å². The Balaban J connectivity index is 1.59. The highest BCUT2D eigenvalue weighted by Crippen LogP contribution is 2.21. The average molecular weight is 366 g/mol. The molecule has 140 valence electrons. The maximum absolute atomic E-state index is 12.6. The Kier molecular flexibility index (Phi) is 5.76. The van der Waals surface area contributed by atoms with Crippen LogP contribution in [0, 0.1) is 0 Å². The summed E-state index contributed by atoms with van der Waals surface area (Å²) >= 11 is 0. The number of para-hydroxylation sites is 2. The van der Waals surface area contributed by atoms with Gasteiger partial charge in [-0.3, -0.25) is 4.79 Å². The summed E-state index contributed by atoms with van der Waals surface area (Å²) in [6.45, 7) is 1.19. The number of amides is 1. The van der Waals surface area contributed by atoms with Gasteiger partial charge in [-0.1, -0.05) is 24.3 Å². The first kappa shape index (κ1) is 18.5. The Hall–Kier alpha value is -3.28. The number of benzene rings is 2. The minimum atomic E-state index is -0.389. The fourth-order valence-corrected chi connectivity index (χ4v) is 2.93. The molecule has 1 aromatic heterocycles. The van der Waals surface area contributed by atoms with Crippen molar-refractivity contribution in [3.63, 3.8) is 0 Å². The van der Waals surface area contributed by atoms with Crippen molar-refractivity contribution in [2.24, 2.45) is 0 Å². The van der Waals surface area contributed by atoms with Crippen LogP contribution in [0.2, 0.25) is 0 Å². The van der Waals surface area contributed by atoms with E-state index in [1.807, 2.05) is 30.3 Å². The molecule has 0 spiro atoms. The Morgan fingerprint density at radius 3 is 2.70 bits per heavy atom. The van der Waals surface area contributed by atoms with E-state index < -0.39 is 0 Å². The van der Waals surface area contributed by atoms with E-state index >= 15 is 0 Å². The van der Waals surface area contributed by atoms with Gasteiger partial charge in [0.05, 0.1) is 18.4 Å². The van der Waals surface area contributed by atoms with Gasteiger partial charge in [-0.15, -0.1) is 0 Å². The molecule has 0 unspecified atom stereocenters. The van der Waals surface area contributed by atoms with Crippen LogP contribution in [-0.4, -0.2) is 38.1 Å². The molecule has 6 nitrogen and oxygen atoms in total. The number of methoxy groups -OCH3 is 1. The third kappa shape index (κ3) is 4.28. The Morgan fingerprint density at radius 1 is 1.15 bits per heavy atom. The predicted molar refractivity (Wildman–Crippen MR) is 106 cm³/mol. The van der Waals surface area contributed by atoms with Gasteiger partial charge in [-0.2, -0.15) is 0 Å². The van der Waals surface area contributed by atoms with Gasteiger partial charge in [-0.25, -0.2) is 4.79 Å². The highest BCUT2D eigenvalue weighted by Gasteiger charge is 2.15. The molecule has 1 amide bonds. The molecule has 27 heavy (non-hydrogen) atoms. The molecule has 0 fully saturated rings. The van der Waals surface area contributed by atoms with Gasteiger partial charge in [-0.05, 0) is 30.7 Å². The fourth-order valence-electron chi connectivity index (χ4n) is 2.93. The zero-order chi connectivity index (χ0) is 19.2. The van der Waals surface area contributed by atoms with Crippen LogP contribution in [0.4, 0.5) is 5.69 Å². The second kappa shape index (κ2) is 8.40.